The number of amides is 1. The zero-order valence-electron chi connectivity index (χ0n) is 22.3. The largest absolute Gasteiger partial charge is 0.353 e. The van der Waals surface area contributed by atoms with Crippen molar-refractivity contribution in [3.05, 3.63) is 41.3 Å². The molecule has 1 aliphatic heterocycles. The van der Waals surface area contributed by atoms with E-state index in [9.17, 15) is 4.79 Å². The molecule has 0 aliphatic carbocycles. The Labute approximate surface area is 212 Å². The molecule has 0 radical (unpaired) electrons. The van der Waals surface area contributed by atoms with E-state index in [-0.39, 0.29) is 17.9 Å². The predicted molar refractivity (Wildman–Crippen MR) is 144 cm³/mol. The summed E-state index contributed by atoms with van der Waals surface area (Å²) in [5.41, 5.74) is 8.66. The molecule has 0 saturated carbocycles. The van der Waals surface area contributed by atoms with Crippen LogP contribution in [0.25, 0.3) is 27.9 Å². The number of nitrogens with zero attached hydrogens (tertiary/aromatic N) is 7. The summed E-state index contributed by atoms with van der Waals surface area (Å²) in [5, 5.41) is 4.39. The number of likely N-dealkylation sites (N-methyl/N-ethyl adjacent to an activating group) is 1. The molecule has 4 aromatic rings. The average Bonchev–Trinajstić information content (AvgIpc) is 3.44. The quantitative estimate of drug-likeness (QED) is 0.462. The van der Waals surface area contributed by atoms with Crippen molar-refractivity contribution in [2.24, 2.45) is 0 Å². The van der Waals surface area contributed by atoms with Gasteiger partial charge in [-0.2, -0.15) is 5.10 Å². The van der Waals surface area contributed by atoms with Crippen LogP contribution in [-0.4, -0.2) is 86.6 Å². The van der Waals surface area contributed by atoms with Crippen LogP contribution < -0.4 is 4.90 Å². The number of rotatable bonds is 5. The van der Waals surface area contributed by atoms with Crippen molar-refractivity contribution in [1.29, 1.82) is 0 Å². The first kappa shape index (κ1) is 24.2. The van der Waals surface area contributed by atoms with Crippen molar-refractivity contribution in [2.75, 3.05) is 45.2 Å². The lowest BCUT2D eigenvalue weighted by Gasteiger charge is -2.40. The number of nitrogens with one attached hydrogen (secondary N) is 1. The second-order valence-corrected chi connectivity index (χ2v) is 10.6. The average molecular weight is 489 g/mol. The third-order valence-electron chi connectivity index (χ3n) is 7.36. The first-order valence-corrected chi connectivity index (χ1v) is 12.7. The van der Waals surface area contributed by atoms with Gasteiger partial charge in [0.2, 0.25) is 5.91 Å². The number of pyridine rings is 2. The molecule has 190 valence electrons. The number of H-pyrrole nitrogens is 1. The van der Waals surface area contributed by atoms with Gasteiger partial charge in [-0.15, -0.1) is 0 Å². The Morgan fingerprint density at radius 2 is 1.97 bits per heavy atom. The molecule has 5 heterocycles. The molecule has 1 aliphatic rings. The molecule has 0 bridgehead atoms. The normalized spacial score (nSPS) is 16.8. The number of aryl methyl sites for hydroxylation is 1. The summed E-state index contributed by atoms with van der Waals surface area (Å²) in [6.07, 6.45) is 3.66. The van der Waals surface area contributed by atoms with Crippen LogP contribution in [0.15, 0.2) is 24.7 Å². The number of carbonyl (C=O) groups excluding carboxylic acids is 1. The lowest BCUT2D eigenvalue weighted by Crippen LogP contribution is -2.55. The molecule has 0 aromatic carbocycles. The van der Waals surface area contributed by atoms with Gasteiger partial charge >= 0.3 is 0 Å². The molecule has 1 N–H and O–H groups in total. The zero-order valence-corrected chi connectivity index (χ0v) is 22.3. The number of piperazine rings is 1. The van der Waals surface area contributed by atoms with Gasteiger partial charge in [0.05, 0.1) is 23.3 Å². The van der Waals surface area contributed by atoms with Crippen LogP contribution in [0.2, 0.25) is 0 Å². The Morgan fingerprint density at radius 1 is 1.19 bits per heavy atom. The molecule has 9 heteroatoms. The number of hydrogen-bond donors (Lipinski definition) is 1. The smallest absolute Gasteiger partial charge is 0.237 e. The van der Waals surface area contributed by atoms with Crippen molar-refractivity contribution in [2.45, 2.75) is 46.6 Å². The van der Waals surface area contributed by atoms with Crippen LogP contribution >= 0.6 is 0 Å². The minimum Gasteiger partial charge on any atom is -0.353 e. The van der Waals surface area contributed by atoms with E-state index >= 15 is 0 Å². The van der Waals surface area contributed by atoms with E-state index in [1.807, 2.05) is 28.4 Å². The van der Waals surface area contributed by atoms with Gasteiger partial charge in [0.25, 0.3) is 0 Å². The molecule has 1 atom stereocenters. The van der Waals surface area contributed by atoms with Gasteiger partial charge in [0.15, 0.2) is 5.65 Å². The van der Waals surface area contributed by atoms with E-state index in [1.54, 1.807) is 6.33 Å². The van der Waals surface area contributed by atoms with Crippen LogP contribution in [-0.2, 0) is 4.79 Å². The molecule has 0 spiro atoms. The molecule has 1 saturated heterocycles. The third kappa shape index (κ3) is 4.11. The van der Waals surface area contributed by atoms with E-state index in [1.165, 1.54) is 11.1 Å². The molecule has 1 amide bonds. The van der Waals surface area contributed by atoms with Gasteiger partial charge in [0.1, 0.15) is 12.1 Å². The van der Waals surface area contributed by atoms with E-state index in [4.69, 9.17) is 4.98 Å². The standard InChI is InChI=1S/C27H36N8O/c1-16(2)24-25(20-13-35-27(28-15-29-35)19(5)18(20)4)30-21-8-9-22(31-26(21)24)33-10-11-34(17(3)12-33)23(36)14-32(6)7/h8-9,13,15-17,30H,10-12,14H2,1-7H3/t17-/m0/s1. The first-order valence-electron chi connectivity index (χ1n) is 12.7. The molecule has 36 heavy (non-hydrogen) atoms. The van der Waals surface area contributed by atoms with Gasteiger partial charge in [-0.25, -0.2) is 14.5 Å². The maximum absolute atomic E-state index is 12.6. The number of aromatic nitrogens is 5. The maximum Gasteiger partial charge on any atom is 0.237 e. The summed E-state index contributed by atoms with van der Waals surface area (Å²) in [4.78, 5) is 32.1. The number of anilines is 1. The number of aromatic amines is 1. The lowest BCUT2D eigenvalue weighted by molar-refractivity contribution is -0.134. The predicted octanol–water partition coefficient (Wildman–Crippen LogP) is 3.61. The lowest BCUT2D eigenvalue weighted by atomic mass is 9.95. The summed E-state index contributed by atoms with van der Waals surface area (Å²) < 4.78 is 1.85. The molecular weight excluding hydrogens is 452 g/mol. The van der Waals surface area contributed by atoms with Crippen molar-refractivity contribution < 1.29 is 4.79 Å². The Kier molecular flexibility index (Phi) is 6.20. The molecular formula is C27H36N8O. The summed E-state index contributed by atoms with van der Waals surface area (Å²) in [7, 11) is 3.87. The first-order chi connectivity index (χ1) is 17.2. The van der Waals surface area contributed by atoms with E-state index in [0.717, 1.165) is 52.4 Å². The van der Waals surface area contributed by atoms with Crippen LogP contribution in [0.4, 0.5) is 5.82 Å². The SMILES string of the molecule is Cc1c(-c2[nH]c3ccc(N4CCN(C(=O)CN(C)C)[C@@H](C)C4)nc3c2C(C)C)cn2ncnc2c1C. The summed E-state index contributed by atoms with van der Waals surface area (Å²) >= 11 is 0. The second kappa shape index (κ2) is 9.20. The van der Waals surface area contributed by atoms with E-state index < -0.39 is 0 Å². The molecule has 1 fully saturated rings. The minimum atomic E-state index is 0.134. The topological polar surface area (TPSA) is 85.7 Å². The summed E-state index contributed by atoms with van der Waals surface area (Å²) in [6.45, 7) is 13.5. The Balaban J connectivity index is 1.52. The monoisotopic (exact) mass is 488 g/mol. The van der Waals surface area contributed by atoms with Crippen molar-refractivity contribution in [1.82, 2.24) is 34.4 Å². The highest BCUT2D eigenvalue weighted by Crippen LogP contribution is 2.38. The highest BCUT2D eigenvalue weighted by Gasteiger charge is 2.29. The number of carbonyl (C=O) groups is 1. The second-order valence-electron chi connectivity index (χ2n) is 10.6. The minimum absolute atomic E-state index is 0.134. The van der Waals surface area contributed by atoms with Crippen LogP contribution in [0, 0.1) is 13.8 Å². The Hall–Kier alpha value is -3.46. The number of fused-ring (bicyclic) bond motifs is 2. The fourth-order valence-electron chi connectivity index (χ4n) is 5.38. The van der Waals surface area contributed by atoms with Crippen LogP contribution in [0.1, 0.15) is 43.4 Å². The molecule has 5 rings (SSSR count). The summed E-state index contributed by atoms with van der Waals surface area (Å²) in [6, 6.07) is 4.36. The van der Waals surface area contributed by atoms with Crippen LogP contribution in [0.5, 0.6) is 0 Å². The summed E-state index contributed by atoms with van der Waals surface area (Å²) in [5.74, 6) is 1.42. The number of hydrogen-bond acceptors (Lipinski definition) is 6. The molecule has 9 nitrogen and oxygen atoms in total. The van der Waals surface area contributed by atoms with Gasteiger partial charge in [-0.1, -0.05) is 13.8 Å². The van der Waals surface area contributed by atoms with E-state index in [0.29, 0.717) is 13.1 Å². The molecule has 0 unspecified atom stereocenters. The van der Waals surface area contributed by atoms with Crippen molar-refractivity contribution in [3.8, 4) is 11.3 Å². The fourth-order valence-corrected chi connectivity index (χ4v) is 5.38. The van der Waals surface area contributed by atoms with Gasteiger partial charge in [0, 0.05) is 43.0 Å². The van der Waals surface area contributed by atoms with Crippen molar-refractivity contribution in [3.63, 3.8) is 0 Å². The van der Waals surface area contributed by atoms with Gasteiger partial charge in [-0.3, -0.25) is 4.79 Å². The highest BCUT2D eigenvalue weighted by atomic mass is 16.2. The highest BCUT2D eigenvalue weighted by molar-refractivity contribution is 5.90. The van der Waals surface area contributed by atoms with E-state index in [2.05, 4.69) is 72.9 Å². The van der Waals surface area contributed by atoms with Crippen LogP contribution in [0.3, 0.4) is 0 Å². The fraction of sp³-hybridized carbons (Fsp3) is 0.481. The zero-order chi connectivity index (χ0) is 25.7. The maximum atomic E-state index is 12.6. The van der Waals surface area contributed by atoms with Gasteiger partial charge < -0.3 is 19.7 Å². The third-order valence-corrected chi connectivity index (χ3v) is 7.36. The Bertz CT molecular complexity index is 1430. The Morgan fingerprint density at radius 3 is 2.67 bits per heavy atom. The van der Waals surface area contributed by atoms with Crippen molar-refractivity contribution >= 4 is 28.4 Å². The molecule has 4 aromatic heterocycles. The van der Waals surface area contributed by atoms with Gasteiger partial charge in [-0.05, 0) is 64.0 Å².